The lowest BCUT2D eigenvalue weighted by atomic mass is 10.1. The van der Waals surface area contributed by atoms with E-state index in [1.165, 1.54) is 6.33 Å². The average Bonchev–Trinajstić information content (AvgIpc) is 2.41. The van der Waals surface area contributed by atoms with Crippen LogP contribution in [0.3, 0.4) is 0 Å². The molecule has 100 valence electrons. The largest absolute Gasteiger partial charge is 0.394 e. The third kappa shape index (κ3) is 2.54. The maximum atomic E-state index is 9.42. The minimum absolute atomic E-state index is 0.0511. The summed E-state index contributed by atoms with van der Waals surface area (Å²) in [5.41, 5.74) is 6.90. The fraction of sp³-hybridized carbons (Fsp3) is 0.667. The average molecular weight is 252 g/mol. The molecule has 0 radical (unpaired) electrons. The molecule has 1 saturated heterocycles. The van der Waals surface area contributed by atoms with Crippen LogP contribution >= 0.6 is 0 Å². The van der Waals surface area contributed by atoms with E-state index in [-0.39, 0.29) is 12.6 Å². The predicted octanol–water partition coefficient (Wildman–Crippen LogP) is 0.209. The third-order valence-corrected chi connectivity index (χ3v) is 3.17. The van der Waals surface area contributed by atoms with Crippen LogP contribution in [0, 0.1) is 0 Å². The molecule has 6 nitrogen and oxygen atoms in total. The number of morpholine rings is 1. The Hall–Kier alpha value is -1.40. The normalized spacial score (nSPS) is 20.1. The summed E-state index contributed by atoms with van der Waals surface area (Å²) in [6.07, 6.45) is 3.31. The molecule has 0 bridgehead atoms. The summed E-state index contributed by atoms with van der Waals surface area (Å²) in [6, 6.07) is -0.0522. The molecule has 6 heteroatoms. The van der Waals surface area contributed by atoms with Crippen molar-refractivity contribution >= 4 is 11.6 Å². The number of ether oxygens (including phenoxy) is 1. The summed E-state index contributed by atoms with van der Waals surface area (Å²) in [7, 11) is 0. The monoisotopic (exact) mass is 252 g/mol. The van der Waals surface area contributed by atoms with E-state index in [0.29, 0.717) is 19.0 Å². The fourth-order valence-electron chi connectivity index (χ4n) is 2.24. The first-order valence-electron chi connectivity index (χ1n) is 6.32. The molecule has 3 N–H and O–H groups in total. The number of aliphatic hydroxyl groups is 1. The first kappa shape index (κ1) is 13.0. The Bertz CT molecular complexity index is 400. The van der Waals surface area contributed by atoms with E-state index in [1.807, 2.05) is 0 Å². The van der Waals surface area contributed by atoms with Crippen molar-refractivity contribution in [2.24, 2.45) is 0 Å². The van der Waals surface area contributed by atoms with Gasteiger partial charge in [-0.1, -0.05) is 13.3 Å². The lowest BCUT2D eigenvalue weighted by Crippen LogP contribution is -2.48. The van der Waals surface area contributed by atoms with E-state index in [2.05, 4.69) is 21.8 Å². The zero-order valence-corrected chi connectivity index (χ0v) is 10.7. The molecule has 1 unspecified atom stereocenters. The summed E-state index contributed by atoms with van der Waals surface area (Å²) in [5.74, 6) is 1.37. The van der Waals surface area contributed by atoms with Crippen LogP contribution in [0.2, 0.25) is 0 Å². The highest BCUT2D eigenvalue weighted by molar-refractivity contribution is 5.57. The zero-order chi connectivity index (χ0) is 13.0. The van der Waals surface area contributed by atoms with E-state index in [1.54, 1.807) is 0 Å². The van der Waals surface area contributed by atoms with Crippen molar-refractivity contribution in [3.8, 4) is 0 Å². The van der Waals surface area contributed by atoms with Gasteiger partial charge in [0.05, 0.1) is 25.9 Å². The van der Waals surface area contributed by atoms with Crippen LogP contribution in [-0.4, -0.2) is 47.5 Å². The highest BCUT2D eigenvalue weighted by Crippen LogP contribution is 2.25. The molecule has 1 aromatic rings. The molecule has 0 aliphatic carbocycles. The van der Waals surface area contributed by atoms with Crippen molar-refractivity contribution in [2.75, 3.05) is 37.0 Å². The second-order valence-electron chi connectivity index (χ2n) is 4.42. The number of nitrogens with two attached hydrogens (primary N) is 1. The molecule has 0 spiro atoms. The lowest BCUT2D eigenvalue weighted by Gasteiger charge is -2.36. The molecule has 18 heavy (non-hydrogen) atoms. The smallest absolute Gasteiger partial charge is 0.137 e. The van der Waals surface area contributed by atoms with Crippen LogP contribution < -0.4 is 10.6 Å². The van der Waals surface area contributed by atoms with E-state index >= 15 is 0 Å². The molecule has 1 fully saturated rings. The molecular formula is C12H20N4O2. The van der Waals surface area contributed by atoms with Crippen molar-refractivity contribution in [3.63, 3.8) is 0 Å². The van der Waals surface area contributed by atoms with Crippen molar-refractivity contribution in [3.05, 3.63) is 11.9 Å². The molecule has 1 aliphatic heterocycles. The topological polar surface area (TPSA) is 84.5 Å². The van der Waals surface area contributed by atoms with Gasteiger partial charge in [0.2, 0.25) is 0 Å². The Morgan fingerprint density at radius 3 is 3.11 bits per heavy atom. The van der Waals surface area contributed by atoms with Gasteiger partial charge in [0.15, 0.2) is 0 Å². The van der Waals surface area contributed by atoms with Crippen LogP contribution in [0.4, 0.5) is 11.6 Å². The highest BCUT2D eigenvalue weighted by Gasteiger charge is 2.26. The summed E-state index contributed by atoms with van der Waals surface area (Å²) >= 11 is 0. The quantitative estimate of drug-likeness (QED) is 0.797. The number of anilines is 2. The van der Waals surface area contributed by atoms with Crippen molar-refractivity contribution in [1.82, 2.24) is 9.97 Å². The highest BCUT2D eigenvalue weighted by atomic mass is 16.5. The molecule has 0 saturated carbocycles. The summed E-state index contributed by atoms with van der Waals surface area (Å²) < 4.78 is 5.38. The van der Waals surface area contributed by atoms with Crippen molar-refractivity contribution in [1.29, 1.82) is 0 Å². The molecule has 1 aromatic heterocycles. The summed E-state index contributed by atoms with van der Waals surface area (Å²) in [4.78, 5) is 10.5. The second kappa shape index (κ2) is 5.97. The molecule has 2 rings (SSSR count). The molecular weight excluding hydrogens is 232 g/mol. The van der Waals surface area contributed by atoms with Gasteiger partial charge in [0.25, 0.3) is 0 Å². The van der Waals surface area contributed by atoms with Gasteiger partial charge >= 0.3 is 0 Å². The first-order valence-corrected chi connectivity index (χ1v) is 6.32. The number of nitrogens with zero attached hydrogens (tertiary/aromatic N) is 3. The minimum atomic E-state index is -0.0522. The Labute approximate surface area is 107 Å². The van der Waals surface area contributed by atoms with Gasteiger partial charge < -0.3 is 20.5 Å². The van der Waals surface area contributed by atoms with Gasteiger partial charge in [-0.05, 0) is 6.42 Å². The van der Waals surface area contributed by atoms with Gasteiger partial charge in [0, 0.05) is 12.1 Å². The van der Waals surface area contributed by atoms with Crippen LogP contribution in [0.1, 0.15) is 18.9 Å². The van der Waals surface area contributed by atoms with Gasteiger partial charge in [-0.2, -0.15) is 0 Å². The van der Waals surface area contributed by atoms with Crippen LogP contribution in [0.25, 0.3) is 0 Å². The molecule has 2 heterocycles. The standard InChI is InChI=1S/C12H20N4O2/c1-2-3-10-11(13)14-8-15-12(10)16-4-5-18-7-9(16)6-17/h8-9,17H,2-7H2,1H3,(H2,13,14,15). The van der Waals surface area contributed by atoms with E-state index < -0.39 is 0 Å². The van der Waals surface area contributed by atoms with E-state index in [4.69, 9.17) is 10.5 Å². The molecule has 1 aliphatic rings. The minimum Gasteiger partial charge on any atom is -0.394 e. The number of aromatic nitrogens is 2. The SMILES string of the molecule is CCCc1c(N)ncnc1N1CCOCC1CO. The molecule has 1 atom stereocenters. The van der Waals surface area contributed by atoms with Crippen molar-refractivity contribution < 1.29 is 9.84 Å². The second-order valence-corrected chi connectivity index (χ2v) is 4.42. The van der Waals surface area contributed by atoms with E-state index in [9.17, 15) is 5.11 Å². The van der Waals surface area contributed by atoms with Crippen molar-refractivity contribution in [2.45, 2.75) is 25.8 Å². The predicted molar refractivity (Wildman–Crippen MR) is 69.5 cm³/mol. The number of rotatable bonds is 4. The Morgan fingerprint density at radius 2 is 2.39 bits per heavy atom. The number of hydrogen-bond acceptors (Lipinski definition) is 6. The molecule has 0 aromatic carbocycles. The van der Waals surface area contributed by atoms with Gasteiger partial charge in [-0.15, -0.1) is 0 Å². The Morgan fingerprint density at radius 1 is 1.56 bits per heavy atom. The van der Waals surface area contributed by atoms with Gasteiger partial charge in [-0.3, -0.25) is 0 Å². The van der Waals surface area contributed by atoms with Gasteiger partial charge in [0.1, 0.15) is 18.0 Å². The maximum absolute atomic E-state index is 9.42. The molecule has 0 amide bonds. The number of nitrogen functional groups attached to an aromatic ring is 1. The lowest BCUT2D eigenvalue weighted by molar-refractivity contribution is 0.0722. The Kier molecular flexibility index (Phi) is 4.33. The summed E-state index contributed by atoms with van der Waals surface area (Å²) in [5, 5.41) is 9.42. The number of aliphatic hydroxyl groups excluding tert-OH is 1. The Balaban J connectivity index is 2.33. The van der Waals surface area contributed by atoms with Gasteiger partial charge in [-0.25, -0.2) is 9.97 Å². The first-order chi connectivity index (χ1) is 8.77. The number of hydrogen-bond donors (Lipinski definition) is 2. The van der Waals surface area contributed by atoms with Crippen LogP contribution in [0.5, 0.6) is 0 Å². The fourth-order valence-corrected chi connectivity index (χ4v) is 2.24. The summed E-state index contributed by atoms with van der Waals surface area (Å²) in [6.45, 7) is 4.03. The zero-order valence-electron chi connectivity index (χ0n) is 10.7. The van der Waals surface area contributed by atoms with Crippen LogP contribution in [-0.2, 0) is 11.2 Å². The van der Waals surface area contributed by atoms with Crippen LogP contribution in [0.15, 0.2) is 6.33 Å². The third-order valence-electron chi connectivity index (χ3n) is 3.17. The maximum Gasteiger partial charge on any atom is 0.137 e. The van der Waals surface area contributed by atoms with E-state index in [0.717, 1.165) is 30.8 Å².